The summed E-state index contributed by atoms with van der Waals surface area (Å²) in [6.45, 7) is 6.51. The summed E-state index contributed by atoms with van der Waals surface area (Å²) in [5.41, 5.74) is 6.71. The Morgan fingerprint density at radius 3 is 2.81 bits per heavy atom. The molecule has 3 N–H and O–H groups in total. The molecule has 1 aromatic heterocycles. The Kier molecular flexibility index (Phi) is 9.75. The van der Waals surface area contributed by atoms with E-state index in [1.807, 2.05) is 26.0 Å². The molecule has 0 spiro atoms. The summed E-state index contributed by atoms with van der Waals surface area (Å²) in [5.74, 6) is 0.469. The number of halogens is 1. The van der Waals surface area contributed by atoms with Gasteiger partial charge in [0.1, 0.15) is 0 Å². The molecule has 1 aromatic rings. The Morgan fingerprint density at radius 1 is 1.48 bits per heavy atom. The predicted molar refractivity (Wildman–Crippen MR) is 86.6 cm³/mol. The van der Waals surface area contributed by atoms with Crippen molar-refractivity contribution in [2.75, 3.05) is 0 Å². The summed E-state index contributed by atoms with van der Waals surface area (Å²) in [6.07, 6.45) is 4.34. The summed E-state index contributed by atoms with van der Waals surface area (Å²) < 4.78 is 5.65. The molecule has 5 nitrogen and oxygen atoms in total. The SMILES string of the molecule is CCCC(N)C(=O)NCc1ccnc(OC(C)CC)c1.Cl. The molecule has 0 radical (unpaired) electrons. The van der Waals surface area contributed by atoms with Gasteiger partial charge in [-0.25, -0.2) is 4.98 Å². The minimum absolute atomic E-state index is 0. The Labute approximate surface area is 133 Å². The maximum absolute atomic E-state index is 11.7. The van der Waals surface area contributed by atoms with Gasteiger partial charge in [-0.3, -0.25) is 4.79 Å². The van der Waals surface area contributed by atoms with Crippen LogP contribution in [-0.2, 0) is 11.3 Å². The van der Waals surface area contributed by atoms with Gasteiger partial charge >= 0.3 is 0 Å². The monoisotopic (exact) mass is 315 g/mol. The highest BCUT2D eigenvalue weighted by atomic mass is 35.5. The maximum atomic E-state index is 11.7. The van der Waals surface area contributed by atoms with Crippen molar-refractivity contribution in [3.8, 4) is 5.88 Å². The van der Waals surface area contributed by atoms with Gasteiger partial charge in [-0.15, -0.1) is 12.4 Å². The minimum atomic E-state index is -0.433. The van der Waals surface area contributed by atoms with Crippen LogP contribution in [0, 0.1) is 0 Å². The molecule has 21 heavy (non-hydrogen) atoms. The van der Waals surface area contributed by atoms with Crippen molar-refractivity contribution in [2.24, 2.45) is 5.73 Å². The smallest absolute Gasteiger partial charge is 0.237 e. The fourth-order valence-electron chi connectivity index (χ4n) is 1.68. The van der Waals surface area contributed by atoms with Crippen LogP contribution in [-0.4, -0.2) is 23.0 Å². The summed E-state index contributed by atoms with van der Waals surface area (Å²) >= 11 is 0. The van der Waals surface area contributed by atoms with Gasteiger partial charge in [0.05, 0.1) is 12.1 Å². The molecule has 2 unspecified atom stereocenters. The molecule has 2 atom stereocenters. The second-order valence-electron chi connectivity index (χ2n) is 4.95. The molecule has 0 aliphatic rings. The van der Waals surface area contributed by atoms with E-state index in [1.165, 1.54) is 0 Å². The van der Waals surface area contributed by atoms with E-state index in [2.05, 4.69) is 17.2 Å². The van der Waals surface area contributed by atoms with Crippen LogP contribution in [0.4, 0.5) is 0 Å². The summed E-state index contributed by atoms with van der Waals surface area (Å²) in [5, 5.41) is 2.83. The molecule has 1 rings (SSSR count). The van der Waals surface area contributed by atoms with Gasteiger partial charge in [0.25, 0.3) is 0 Å². The van der Waals surface area contributed by atoms with Crippen LogP contribution in [0.5, 0.6) is 5.88 Å². The number of pyridine rings is 1. The van der Waals surface area contributed by atoms with Crippen LogP contribution in [0.3, 0.4) is 0 Å². The van der Waals surface area contributed by atoms with E-state index in [-0.39, 0.29) is 24.4 Å². The predicted octanol–water partition coefficient (Wildman–Crippen LogP) is 2.42. The third-order valence-electron chi connectivity index (χ3n) is 3.10. The highest BCUT2D eigenvalue weighted by Gasteiger charge is 2.11. The molecular formula is C15H26ClN3O2. The van der Waals surface area contributed by atoms with Crippen molar-refractivity contribution in [1.82, 2.24) is 10.3 Å². The largest absolute Gasteiger partial charge is 0.475 e. The Balaban J connectivity index is 0.00000400. The molecule has 1 amide bonds. The van der Waals surface area contributed by atoms with E-state index < -0.39 is 6.04 Å². The quantitative estimate of drug-likeness (QED) is 0.772. The first-order valence-electron chi connectivity index (χ1n) is 7.21. The highest BCUT2D eigenvalue weighted by molar-refractivity contribution is 5.85. The van der Waals surface area contributed by atoms with Crippen LogP contribution in [0.15, 0.2) is 18.3 Å². The number of nitrogens with zero attached hydrogens (tertiary/aromatic N) is 1. The number of ether oxygens (including phenoxy) is 1. The van der Waals surface area contributed by atoms with Crippen molar-refractivity contribution in [3.05, 3.63) is 23.9 Å². The lowest BCUT2D eigenvalue weighted by atomic mass is 10.1. The number of nitrogens with one attached hydrogen (secondary N) is 1. The van der Waals surface area contributed by atoms with Gasteiger partial charge in [0.2, 0.25) is 11.8 Å². The van der Waals surface area contributed by atoms with Crippen LogP contribution in [0.25, 0.3) is 0 Å². The van der Waals surface area contributed by atoms with Crippen LogP contribution in [0.1, 0.15) is 45.6 Å². The molecule has 0 fully saturated rings. The number of hydrogen-bond acceptors (Lipinski definition) is 4. The number of rotatable bonds is 8. The van der Waals surface area contributed by atoms with Crippen molar-refractivity contribution in [3.63, 3.8) is 0 Å². The van der Waals surface area contributed by atoms with E-state index >= 15 is 0 Å². The van der Waals surface area contributed by atoms with Gasteiger partial charge < -0.3 is 15.8 Å². The average Bonchev–Trinajstić information content (AvgIpc) is 2.45. The van der Waals surface area contributed by atoms with Gasteiger partial charge in [-0.2, -0.15) is 0 Å². The van der Waals surface area contributed by atoms with E-state index in [1.54, 1.807) is 6.20 Å². The fourth-order valence-corrected chi connectivity index (χ4v) is 1.68. The Bertz CT molecular complexity index is 429. The molecule has 0 saturated carbocycles. The second kappa shape index (κ2) is 10.4. The zero-order valence-electron chi connectivity index (χ0n) is 13.0. The highest BCUT2D eigenvalue weighted by Crippen LogP contribution is 2.12. The molecule has 0 saturated heterocycles. The molecule has 0 bridgehead atoms. The molecule has 120 valence electrons. The Hall–Kier alpha value is -1.33. The first kappa shape index (κ1) is 19.7. The number of aromatic nitrogens is 1. The second-order valence-corrected chi connectivity index (χ2v) is 4.95. The molecular weight excluding hydrogens is 290 g/mol. The topological polar surface area (TPSA) is 77.2 Å². The molecule has 0 aliphatic heterocycles. The standard InChI is InChI=1S/C15H25N3O2.ClH/c1-4-6-13(16)15(19)18-10-12-7-8-17-14(9-12)20-11(3)5-2;/h7-9,11,13H,4-6,10,16H2,1-3H3,(H,18,19);1H. The van der Waals surface area contributed by atoms with Gasteiger partial charge in [-0.05, 0) is 31.4 Å². The van der Waals surface area contributed by atoms with Crippen molar-refractivity contribution >= 4 is 18.3 Å². The third kappa shape index (κ3) is 7.29. The van der Waals surface area contributed by atoms with Gasteiger partial charge in [0.15, 0.2) is 0 Å². The van der Waals surface area contributed by atoms with Gasteiger partial charge in [0, 0.05) is 18.8 Å². The molecule has 6 heteroatoms. The van der Waals surface area contributed by atoms with Gasteiger partial charge in [-0.1, -0.05) is 20.3 Å². The third-order valence-corrected chi connectivity index (χ3v) is 3.10. The van der Waals surface area contributed by atoms with E-state index in [0.717, 1.165) is 18.4 Å². The average molecular weight is 316 g/mol. The minimum Gasteiger partial charge on any atom is -0.475 e. The van der Waals surface area contributed by atoms with Crippen molar-refractivity contribution in [2.45, 2.75) is 58.7 Å². The molecule has 0 aliphatic carbocycles. The zero-order chi connectivity index (χ0) is 15.0. The molecule has 1 heterocycles. The lowest BCUT2D eigenvalue weighted by Gasteiger charge is -2.13. The number of carbonyl (C=O) groups is 1. The first-order valence-corrected chi connectivity index (χ1v) is 7.21. The normalized spacial score (nSPS) is 13.0. The zero-order valence-corrected chi connectivity index (χ0v) is 13.8. The molecule has 0 aromatic carbocycles. The summed E-state index contributed by atoms with van der Waals surface area (Å²) in [4.78, 5) is 15.9. The van der Waals surface area contributed by atoms with E-state index in [4.69, 9.17) is 10.5 Å². The van der Waals surface area contributed by atoms with Crippen LogP contribution < -0.4 is 15.8 Å². The maximum Gasteiger partial charge on any atom is 0.237 e. The van der Waals surface area contributed by atoms with Crippen molar-refractivity contribution < 1.29 is 9.53 Å². The van der Waals surface area contributed by atoms with Crippen LogP contribution in [0.2, 0.25) is 0 Å². The van der Waals surface area contributed by atoms with E-state index in [9.17, 15) is 4.79 Å². The number of carbonyl (C=O) groups excluding carboxylic acids is 1. The first-order chi connectivity index (χ1) is 9.56. The Morgan fingerprint density at radius 2 is 2.19 bits per heavy atom. The summed E-state index contributed by atoms with van der Waals surface area (Å²) in [6, 6.07) is 3.27. The van der Waals surface area contributed by atoms with Crippen molar-refractivity contribution in [1.29, 1.82) is 0 Å². The number of amides is 1. The lowest BCUT2D eigenvalue weighted by Crippen LogP contribution is -2.40. The summed E-state index contributed by atoms with van der Waals surface area (Å²) in [7, 11) is 0. The van der Waals surface area contributed by atoms with E-state index in [0.29, 0.717) is 18.8 Å². The lowest BCUT2D eigenvalue weighted by molar-refractivity contribution is -0.122. The van der Waals surface area contributed by atoms with Crippen LogP contribution >= 0.6 is 12.4 Å². The fraction of sp³-hybridized carbons (Fsp3) is 0.600. The number of hydrogen-bond donors (Lipinski definition) is 2. The number of nitrogens with two attached hydrogens (primary N) is 1.